The van der Waals surface area contributed by atoms with E-state index in [1.807, 2.05) is 44.2 Å². The molecule has 0 saturated carbocycles. The predicted octanol–water partition coefficient (Wildman–Crippen LogP) is 4.48. The maximum Gasteiger partial charge on any atom is 0.336 e. The summed E-state index contributed by atoms with van der Waals surface area (Å²) in [4.78, 5) is 11.4. The third-order valence-electron chi connectivity index (χ3n) is 3.34. The number of ether oxygens (including phenoxy) is 1. The van der Waals surface area contributed by atoms with Crippen LogP contribution < -0.4 is 4.74 Å². The molecule has 0 amide bonds. The molecule has 20 heavy (non-hydrogen) atoms. The van der Waals surface area contributed by atoms with Crippen LogP contribution in [0.25, 0.3) is 16.8 Å². The summed E-state index contributed by atoms with van der Waals surface area (Å²) in [5.41, 5.74) is 0.448. The molecule has 0 fully saturated rings. The van der Waals surface area contributed by atoms with Crippen LogP contribution in [0.1, 0.15) is 29.8 Å². The van der Waals surface area contributed by atoms with Gasteiger partial charge in [0.2, 0.25) is 0 Å². The van der Waals surface area contributed by atoms with Crippen LogP contribution in [0, 0.1) is 0 Å². The van der Waals surface area contributed by atoms with E-state index in [2.05, 4.69) is 15.9 Å². The van der Waals surface area contributed by atoms with Gasteiger partial charge in [-0.05, 0) is 43.5 Å². The topological polar surface area (TPSA) is 46.5 Å². The highest BCUT2D eigenvalue weighted by atomic mass is 79.9. The lowest BCUT2D eigenvalue weighted by Crippen LogP contribution is -2.28. The molecule has 102 valence electrons. The Kier molecular flexibility index (Phi) is 2.87. The van der Waals surface area contributed by atoms with E-state index in [4.69, 9.17) is 4.74 Å². The monoisotopic (exact) mass is 332 g/mol. The quantitative estimate of drug-likeness (QED) is 0.837. The molecule has 1 aliphatic heterocycles. The largest absolute Gasteiger partial charge is 0.482 e. The molecule has 0 bridgehead atoms. The van der Waals surface area contributed by atoms with Gasteiger partial charge in [0, 0.05) is 15.4 Å². The predicted molar refractivity (Wildman–Crippen MR) is 82.3 cm³/mol. The van der Waals surface area contributed by atoms with Gasteiger partial charge in [0.25, 0.3) is 0 Å². The minimum Gasteiger partial charge on any atom is -0.482 e. The van der Waals surface area contributed by atoms with Crippen molar-refractivity contribution in [2.24, 2.45) is 0 Å². The van der Waals surface area contributed by atoms with E-state index >= 15 is 0 Å². The molecule has 3 nitrogen and oxygen atoms in total. The molecule has 0 aliphatic carbocycles. The van der Waals surface area contributed by atoms with Crippen molar-refractivity contribution in [2.45, 2.75) is 19.4 Å². The Hall–Kier alpha value is -1.81. The van der Waals surface area contributed by atoms with Crippen LogP contribution in [0.4, 0.5) is 0 Å². The number of carboxylic acid groups (broad SMARTS) is 1. The van der Waals surface area contributed by atoms with Crippen molar-refractivity contribution in [3.63, 3.8) is 0 Å². The number of rotatable bonds is 1. The van der Waals surface area contributed by atoms with E-state index in [1.54, 1.807) is 6.07 Å². The first-order valence-corrected chi connectivity index (χ1v) is 7.04. The molecule has 0 unspecified atom stereocenters. The Morgan fingerprint density at radius 1 is 1.30 bits per heavy atom. The number of hydrogen-bond donors (Lipinski definition) is 1. The Morgan fingerprint density at radius 2 is 2.05 bits per heavy atom. The van der Waals surface area contributed by atoms with Gasteiger partial charge < -0.3 is 9.84 Å². The highest BCUT2D eigenvalue weighted by Crippen LogP contribution is 2.40. The summed E-state index contributed by atoms with van der Waals surface area (Å²) in [6, 6.07) is 7.43. The second kappa shape index (κ2) is 4.35. The molecule has 0 atom stereocenters. The fraction of sp³-hybridized carbons (Fsp3) is 0.188. The molecule has 0 aromatic heterocycles. The standard InChI is InChI=1S/C16H13BrO3/c1-16(2)6-5-11-13(15(18)19)7-9-3-4-10(17)8-12(9)14(11)20-16/h3-8H,1-2H3,(H,18,19). The molecule has 1 heterocycles. The molecule has 1 N–H and O–H groups in total. The Labute approximate surface area is 125 Å². The summed E-state index contributed by atoms with van der Waals surface area (Å²) in [5, 5.41) is 11.2. The van der Waals surface area contributed by atoms with Crippen LogP contribution in [0.15, 0.2) is 34.8 Å². The second-order valence-electron chi connectivity index (χ2n) is 5.38. The van der Waals surface area contributed by atoms with Gasteiger partial charge >= 0.3 is 5.97 Å². The molecule has 4 heteroatoms. The van der Waals surface area contributed by atoms with Crippen LogP contribution in [0.5, 0.6) is 5.75 Å². The Balaban J connectivity index is 2.41. The number of carboxylic acids is 1. The average Bonchev–Trinajstić information content (AvgIpc) is 2.37. The lowest BCUT2D eigenvalue weighted by molar-refractivity contribution is 0.0695. The SMILES string of the molecule is CC1(C)C=Cc2c(C(=O)O)cc3ccc(Br)cc3c2O1. The molecule has 0 saturated heterocycles. The minimum absolute atomic E-state index is 0.265. The molecule has 2 aromatic carbocycles. The lowest BCUT2D eigenvalue weighted by Gasteiger charge is -2.29. The lowest BCUT2D eigenvalue weighted by atomic mass is 9.94. The number of hydrogen-bond acceptors (Lipinski definition) is 2. The molecule has 0 spiro atoms. The Bertz CT molecular complexity index is 760. The Morgan fingerprint density at radius 3 is 2.75 bits per heavy atom. The number of halogens is 1. The highest BCUT2D eigenvalue weighted by molar-refractivity contribution is 9.10. The van der Waals surface area contributed by atoms with Crippen LogP contribution in [-0.2, 0) is 0 Å². The van der Waals surface area contributed by atoms with Crippen molar-refractivity contribution in [3.8, 4) is 5.75 Å². The van der Waals surface area contributed by atoms with E-state index in [-0.39, 0.29) is 5.56 Å². The zero-order valence-corrected chi connectivity index (χ0v) is 12.7. The normalized spacial score (nSPS) is 15.8. The summed E-state index contributed by atoms with van der Waals surface area (Å²) < 4.78 is 6.94. The maximum absolute atomic E-state index is 11.4. The van der Waals surface area contributed by atoms with Crippen LogP contribution in [-0.4, -0.2) is 16.7 Å². The smallest absolute Gasteiger partial charge is 0.336 e. The fourth-order valence-electron chi connectivity index (χ4n) is 2.39. The summed E-state index contributed by atoms with van der Waals surface area (Å²) in [6.07, 6.45) is 3.72. The van der Waals surface area contributed by atoms with Gasteiger partial charge in [-0.2, -0.15) is 0 Å². The van der Waals surface area contributed by atoms with Crippen LogP contribution in [0.2, 0.25) is 0 Å². The van der Waals surface area contributed by atoms with Gasteiger partial charge in [0.1, 0.15) is 11.4 Å². The molecular weight excluding hydrogens is 320 g/mol. The highest BCUT2D eigenvalue weighted by Gasteiger charge is 2.27. The van der Waals surface area contributed by atoms with E-state index in [9.17, 15) is 9.90 Å². The minimum atomic E-state index is -0.945. The third kappa shape index (κ3) is 2.10. The third-order valence-corrected chi connectivity index (χ3v) is 3.83. The van der Waals surface area contributed by atoms with Crippen LogP contribution >= 0.6 is 15.9 Å². The number of fused-ring (bicyclic) bond motifs is 3. The van der Waals surface area contributed by atoms with Gasteiger partial charge in [-0.25, -0.2) is 4.79 Å². The van der Waals surface area contributed by atoms with Gasteiger partial charge in [-0.15, -0.1) is 0 Å². The maximum atomic E-state index is 11.4. The first kappa shape index (κ1) is 13.2. The van der Waals surface area contributed by atoms with Crippen molar-refractivity contribution in [3.05, 3.63) is 45.9 Å². The van der Waals surface area contributed by atoms with Gasteiger partial charge in [-0.3, -0.25) is 0 Å². The van der Waals surface area contributed by atoms with Gasteiger partial charge in [0.15, 0.2) is 0 Å². The number of carbonyl (C=O) groups is 1. The van der Waals surface area contributed by atoms with Crippen molar-refractivity contribution < 1.29 is 14.6 Å². The average molecular weight is 333 g/mol. The van der Waals surface area contributed by atoms with E-state index < -0.39 is 11.6 Å². The van der Waals surface area contributed by atoms with Crippen molar-refractivity contribution in [2.75, 3.05) is 0 Å². The number of aromatic carboxylic acids is 1. The summed E-state index contributed by atoms with van der Waals surface area (Å²) in [7, 11) is 0. The van der Waals surface area contributed by atoms with Gasteiger partial charge in [-0.1, -0.05) is 28.1 Å². The second-order valence-corrected chi connectivity index (χ2v) is 6.29. The van der Waals surface area contributed by atoms with E-state index in [1.165, 1.54) is 0 Å². The first-order valence-electron chi connectivity index (χ1n) is 6.25. The van der Waals surface area contributed by atoms with E-state index in [0.717, 1.165) is 15.2 Å². The first-order chi connectivity index (χ1) is 9.37. The molecule has 0 radical (unpaired) electrons. The fourth-order valence-corrected chi connectivity index (χ4v) is 2.75. The molecule has 1 aliphatic rings. The van der Waals surface area contributed by atoms with Crippen LogP contribution in [0.3, 0.4) is 0 Å². The molecular formula is C16H13BrO3. The van der Waals surface area contributed by atoms with Crippen molar-refractivity contribution in [1.29, 1.82) is 0 Å². The summed E-state index contributed by atoms with van der Waals surface area (Å²) in [6.45, 7) is 3.90. The zero-order valence-electron chi connectivity index (χ0n) is 11.1. The number of benzene rings is 2. The van der Waals surface area contributed by atoms with Gasteiger partial charge in [0.05, 0.1) is 5.56 Å². The zero-order chi connectivity index (χ0) is 14.5. The van der Waals surface area contributed by atoms with Crippen molar-refractivity contribution >= 4 is 38.7 Å². The summed E-state index contributed by atoms with van der Waals surface area (Å²) in [5.74, 6) is -0.312. The van der Waals surface area contributed by atoms with Crippen molar-refractivity contribution in [1.82, 2.24) is 0 Å². The molecule has 3 rings (SSSR count). The van der Waals surface area contributed by atoms with E-state index in [0.29, 0.717) is 11.3 Å². The molecule has 2 aromatic rings. The summed E-state index contributed by atoms with van der Waals surface area (Å²) >= 11 is 3.45.